The van der Waals surface area contributed by atoms with Crippen LogP contribution in [0, 0.1) is 0 Å². The molecular weight excluding hydrogens is 334 g/mol. The predicted octanol–water partition coefficient (Wildman–Crippen LogP) is 2.46. The summed E-state index contributed by atoms with van der Waals surface area (Å²) in [5, 5.41) is 6.54. The molecule has 0 amide bonds. The van der Waals surface area contributed by atoms with Crippen molar-refractivity contribution in [3.05, 3.63) is 59.5 Å². The van der Waals surface area contributed by atoms with Crippen molar-refractivity contribution in [2.24, 2.45) is 0 Å². The molecule has 0 atom stereocenters. The second-order valence-electron chi connectivity index (χ2n) is 5.87. The van der Waals surface area contributed by atoms with Crippen molar-refractivity contribution < 1.29 is 4.74 Å². The fourth-order valence-electron chi connectivity index (χ4n) is 3.04. The van der Waals surface area contributed by atoms with Gasteiger partial charge in [-0.3, -0.25) is 4.57 Å². The molecule has 25 heavy (non-hydrogen) atoms. The number of anilines is 1. The summed E-state index contributed by atoms with van der Waals surface area (Å²) in [4.78, 5) is 11.3. The maximum atomic E-state index is 5.45. The highest BCUT2D eigenvalue weighted by molar-refractivity contribution is 7.12. The molecule has 1 saturated heterocycles. The van der Waals surface area contributed by atoms with E-state index in [0.717, 1.165) is 50.3 Å². The maximum Gasteiger partial charge on any atom is 0.193 e. The third-order valence-corrected chi connectivity index (χ3v) is 5.03. The highest BCUT2D eigenvalue weighted by Crippen LogP contribution is 2.19. The first-order valence-electron chi connectivity index (χ1n) is 8.45. The Labute approximate surface area is 151 Å². The molecule has 1 N–H and O–H groups in total. The zero-order valence-electron chi connectivity index (χ0n) is 14.0. The summed E-state index contributed by atoms with van der Waals surface area (Å²) in [7, 11) is 0. The van der Waals surface area contributed by atoms with Crippen LogP contribution in [0.2, 0.25) is 0 Å². The minimum absolute atomic E-state index is 0.769. The van der Waals surface area contributed by atoms with Gasteiger partial charge in [0.25, 0.3) is 0 Å². The number of hydrogen-bond donors (Lipinski definition) is 1. The summed E-state index contributed by atoms with van der Waals surface area (Å²) in [6, 6.07) is 8.33. The molecule has 7 heteroatoms. The lowest BCUT2D eigenvalue weighted by Crippen LogP contribution is -2.37. The van der Waals surface area contributed by atoms with Gasteiger partial charge in [0.05, 0.1) is 13.2 Å². The summed E-state index contributed by atoms with van der Waals surface area (Å²) in [6.07, 6.45) is 5.75. The van der Waals surface area contributed by atoms with Crippen molar-refractivity contribution in [1.82, 2.24) is 19.9 Å². The van der Waals surface area contributed by atoms with Crippen LogP contribution in [-0.4, -0.2) is 40.8 Å². The number of nitrogens with zero attached hydrogens (tertiary/aromatic N) is 4. The third kappa shape index (κ3) is 3.73. The lowest BCUT2D eigenvalue weighted by atomic mass is 10.2. The van der Waals surface area contributed by atoms with Crippen LogP contribution in [0.3, 0.4) is 0 Å². The molecule has 4 heterocycles. The molecule has 0 spiro atoms. The highest BCUT2D eigenvalue weighted by atomic mass is 32.1. The van der Waals surface area contributed by atoms with Gasteiger partial charge >= 0.3 is 0 Å². The minimum Gasteiger partial charge on any atom is -0.378 e. The standard InChI is InChI=1S/C18H21N5OS/c1-3-15(17(20-5-1)22-8-10-24-11-9-22)13-19-14-16-4-2-7-23(16)18-21-6-12-25-18/h1-7,12,19H,8-11,13-14H2. The zero-order valence-corrected chi connectivity index (χ0v) is 14.8. The van der Waals surface area contributed by atoms with E-state index in [9.17, 15) is 0 Å². The Morgan fingerprint density at radius 3 is 2.84 bits per heavy atom. The van der Waals surface area contributed by atoms with Crippen LogP contribution < -0.4 is 10.2 Å². The Kier molecular flexibility index (Phi) is 5.06. The molecule has 1 fully saturated rings. The van der Waals surface area contributed by atoms with Crippen molar-refractivity contribution in [3.63, 3.8) is 0 Å². The number of morpholine rings is 1. The van der Waals surface area contributed by atoms with Crippen molar-refractivity contribution in [1.29, 1.82) is 0 Å². The molecule has 4 rings (SSSR count). The second-order valence-corrected chi connectivity index (χ2v) is 6.75. The van der Waals surface area contributed by atoms with Gasteiger partial charge in [0, 0.05) is 61.4 Å². The first kappa shape index (κ1) is 16.3. The second kappa shape index (κ2) is 7.77. The van der Waals surface area contributed by atoms with Gasteiger partial charge in [-0.1, -0.05) is 6.07 Å². The van der Waals surface area contributed by atoms with Crippen molar-refractivity contribution in [2.75, 3.05) is 31.2 Å². The average molecular weight is 355 g/mol. The molecule has 1 aliphatic rings. The largest absolute Gasteiger partial charge is 0.378 e. The Bertz CT molecular complexity index is 795. The van der Waals surface area contributed by atoms with Crippen LogP contribution in [0.25, 0.3) is 5.13 Å². The molecule has 3 aromatic heterocycles. The Morgan fingerprint density at radius 1 is 1.08 bits per heavy atom. The van der Waals surface area contributed by atoms with E-state index in [1.54, 1.807) is 11.3 Å². The van der Waals surface area contributed by atoms with Gasteiger partial charge in [-0.2, -0.15) is 0 Å². The number of aromatic nitrogens is 3. The van der Waals surface area contributed by atoms with E-state index < -0.39 is 0 Å². The molecule has 0 radical (unpaired) electrons. The molecule has 0 unspecified atom stereocenters. The third-order valence-electron chi connectivity index (χ3n) is 4.26. The fraction of sp³-hybridized carbons (Fsp3) is 0.333. The Morgan fingerprint density at radius 2 is 2.00 bits per heavy atom. The smallest absolute Gasteiger partial charge is 0.193 e. The van der Waals surface area contributed by atoms with Crippen LogP contribution in [0.1, 0.15) is 11.3 Å². The van der Waals surface area contributed by atoms with Gasteiger partial charge in [0.15, 0.2) is 5.13 Å². The summed E-state index contributed by atoms with van der Waals surface area (Å²) in [5.41, 5.74) is 2.42. The summed E-state index contributed by atoms with van der Waals surface area (Å²) in [5.74, 6) is 1.06. The van der Waals surface area contributed by atoms with Crippen LogP contribution in [0.5, 0.6) is 0 Å². The van der Waals surface area contributed by atoms with Gasteiger partial charge < -0.3 is 15.0 Å². The summed E-state index contributed by atoms with van der Waals surface area (Å²) in [6.45, 7) is 4.90. The molecule has 130 valence electrons. The van der Waals surface area contributed by atoms with Gasteiger partial charge in [-0.05, 0) is 18.2 Å². The average Bonchev–Trinajstić information content (AvgIpc) is 3.34. The first-order chi connectivity index (χ1) is 12.4. The van der Waals surface area contributed by atoms with Crippen molar-refractivity contribution in [2.45, 2.75) is 13.1 Å². The summed E-state index contributed by atoms with van der Waals surface area (Å²) < 4.78 is 7.58. The number of nitrogens with one attached hydrogen (secondary N) is 1. The number of pyridine rings is 1. The van der Waals surface area contributed by atoms with Crippen LogP contribution in [-0.2, 0) is 17.8 Å². The van der Waals surface area contributed by atoms with Gasteiger partial charge in [0.1, 0.15) is 5.82 Å². The van der Waals surface area contributed by atoms with Crippen molar-refractivity contribution >= 4 is 17.2 Å². The number of thiazole rings is 1. The van der Waals surface area contributed by atoms with E-state index in [1.807, 2.05) is 23.8 Å². The van der Waals surface area contributed by atoms with Crippen molar-refractivity contribution in [3.8, 4) is 5.13 Å². The fourth-order valence-corrected chi connectivity index (χ4v) is 3.69. The molecule has 3 aromatic rings. The van der Waals surface area contributed by atoms with Gasteiger partial charge in [-0.15, -0.1) is 11.3 Å². The number of hydrogen-bond acceptors (Lipinski definition) is 6. The highest BCUT2D eigenvalue weighted by Gasteiger charge is 2.15. The van der Waals surface area contributed by atoms with E-state index in [4.69, 9.17) is 4.74 Å². The maximum absolute atomic E-state index is 5.45. The first-order valence-corrected chi connectivity index (χ1v) is 9.33. The molecule has 6 nitrogen and oxygen atoms in total. The van der Waals surface area contributed by atoms with E-state index in [1.165, 1.54) is 11.3 Å². The monoisotopic (exact) mass is 355 g/mol. The molecule has 0 aliphatic carbocycles. The van der Waals surface area contributed by atoms with Gasteiger partial charge in [0.2, 0.25) is 0 Å². The molecule has 0 bridgehead atoms. The summed E-state index contributed by atoms with van der Waals surface area (Å²) >= 11 is 1.64. The van der Waals surface area contributed by atoms with E-state index >= 15 is 0 Å². The number of rotatable bonds is 6. The molecule has 0 aromatic carbocycles. The molecule has 1 aliphatic heterocycles. The molecule has 0 saturated carbocycles. The minimum atomic E-state index is 0.769. The van der Waals surface area contributed by atoms with Crippen LogP contribution >= 0.6 is 11.3 Å². The lowest BCUT2D eigenvalue weighted by molar-refractivity contribution is 0.122. The predicted molar refractivity (Wildman–Crippen MR) is 99.3 cm³/mol. The lowest BCUT2D eigenvalue weighted by Gasteiger charge is -2.29. The van der Waals surface area contributed by atoms with E-state index in [0.29, 0.717) is 0 Å². The number of ether oxygens (including phenoxy) is 1. The van der Waals surface area contributed by atoms with Crippen LogP contribution in [0.4, 0.5) is 5.82 Å². The normalized spacial score (nSPS) is 14.8. The Balaban J connectivity index is 1.42. The molecular formula is C18H21N5OS. The SMILES string of the molecule is c1cnc(N2CCOCC2)c(CNCc2cccn2-c2nccs2)c1. The topological polar surface area (TPSA) is 55.2 Å². The quantitative estimate of drug-likeness (QED) is 0.736. The van der Waals surface area contributed by atoms with E-state index in [-0.39, 0.29) is 0 Å². The van der Waals surface area contributed by atoms with Gasteiger partial charge in [-0.25, -0.2) is 9.97 Å². The van der Waals surface area contributed by atoms with E-state index in [2.05, 4.69) is 49.1 Å². The zero-order chi connectivity index (χ0) is 16.9. The Hall–Kier alpha value is -2.22. The van der Waals surface area contributed by atoms with Crippen LogP contribution in [0.15, 0.2) is 48.2 Å².